The first-order chi connectivity index (χ1) is 28.3. The van der Waals surface area contributed by atoms with Crippen LogP contribution in [0.3, 0.4) is 0 Å². The molecule has 10 aromatic rings. The molecule has 266 valence electrons. The highest BCUT2D eigenvalue weighted by Gasteiger charge is 2.50. The summed E-state index contributed by atoms with van der Waals surface area (Å²) in [5, 5.41) is 2.47. The van der Waals surface area contributed by atoms with E-state index in [-0.39, 0.29) is 0 Å². The highest BCUT2D eigenvalue weighted by molar-refractivity contribution is 6.09. The van der Waals surface area contributed by atoms with Gasteiger partial charge in [-0.05, 0) is 70.8 Å². The molecule has 1 spiro atoms. The van der Waals surface area contributed by atoms with E-state index in [0.717, 1.165) is 45.0 Å². The molecule has 2 aliphatic rings. The minimum absolute atomic E-state index is 0.534. The lowest BCUT2D eigenvalue weighted by atomic mass is 9.66. The standard InChI is InChI=1S/C52H32N4O/c1-2-14-33(15-3-1)49-53-50(34-26-29-36(30-27-34)56-45-23-11-6-18-39(45)40-19-7-12-24-46(40)56)55-51(54-49)35-28-31-44-48(32-35)57-47-25-13-10-22-43(47)52(44)41-20-8-4-16-37(41)38-17-5-9-21-42(38)52/h1-32H. The zero-order chi connectivity index (χ0) is 37.5. The number of ether oxygens (including phenoxy) is 1. The van der Waals surface area contributed by atoms with Gasteiger partial charge in [0.2, 0.25) is 0 Å². The van der Waals surface area contributed by atoms with Crippen molar-refractivity contribution in [2.45, 2.75) is 5.41 Å². The fraction of sp³-hybridized carbons (Fsp3) is 0.0192. The Kier molecular flexibility index (Phi) is 6.78. The van der Waals surface area contributed by atoms with Gasteiger partial charge in [-0.3, -0.25) is 0 Å². The van der Waals surface area contributed by atoms with Gasteiger partial charge in [-0.15, -0.1) is 0 Å². The van der Waals surface area contributed by atoms with Crippen LogP contribution in [0.4, 0.5) is 0 Å². The second kappa shape index (κ2) is 12.2. The molecule has 1 aliphatic carbocycles. The van der Waals surface area contributed by atoms with Gasteiger partial charge in [0, 0.05) is 44.3 Å². The molecule has 0 saturated heterocycles. The van der Waals surface area contributed by atoms with E-state index in [1.807, 2.05) is 36.4 Å². The van der Waals surface area contributed by atoms with E-state index < -0.39 is 5.41 Å². The van der Waals surface area contributed by atoms with E-state index in [0.29, 0.717) is 17.5 Å². The summed E-state index contributed by atoms with van der Waals surface area (Å²) >= 11 is 0. The summed E-state index contributed by atoms with van der Waals surface area (Å²) in [5.41, 5.74) is 12.8. The summed E-state index contributed by atoms with van der Waals surface area (Å²) in [6.45, 7) is 0. The molecule has 57 heavy (non-hydrogen) atoms. The van der Waals surface area contributed by atoms with Gasteiger partial charge < -0.3 is 9.30 Å². The second-order valence-corrected chi connectivity index (χ2v) is 14.7. The summed E-state index contributed by atoms with van der Waals surface area (Å²) in [6.07, 6.45) is 0. The van der Waals surface area contributed by atoms with Gasteiger partial charge in [0.25, 0.3) is 0 Å². The number of benzene rings is 8. The van der Waals surface area contributed by atoms with Crippen LogP contribution in [0.2, 0.25) is 0 Å². The molecule has 0 radical (unpaired) electrons. The van der Waals surface area contributed by atoms with Crippen LogP contribution in [0.5, 0.6) is 11.5 Å². The highest BCUT2D eigenvalue weighted by atomic mass is 16.5. The van der Waals surface area contributed by atoms with Gasteiger partial charge >= 0.3 is 0 Å². The van der Waals surface area contributed by atoms with Crippen molar-refractivity contribution < 1.29 is 4.74 Å². The van der Waals surface area contributed by atoms with E-state index >= 15 is 0 Å². The topological polar surface area (TPSA) is 52.8 Å². The molecule has 0 fully saturated rings. The van der Waals surface area contributed by atoms with E-state index in [9.17, 15) is 0 Å². The van der Waals surface area contributed by atoms with Crippen molar-refractivity contribution in [1.29, 1.82) is 0 Å². The first-order valence-electron chi connectivity index (χ1n) is 19.3. The quantitative estimate of drug-likeness (QED) is 0.181. The molecule has 3 heterocycles. The number of fused-ring (bicyclic) bond motifs is 12. The second-order valence-electron chi connectivity index (χ2n) is 14.7. The molecule has 0 saturated carbocycles. The lowest BCUT2D eigenvalue weighted by molar-refractivity contribution is 0.436. The Balaban J connectivity index is 1.02. The predicted molar refractivity (Wildman–Crippen MR) is 228 cm³/mol. The zero-order valence-electron chi connectivity index (χ0n) is 30.7. The third kappa shape index (κ3) is 4.60. The number of hydrogen-bond donors (Lipinski definition) is 0. The van der Waals surface area contributed by atoms with Crippen LogP contribution in [-0.2, 0) is 5.41 Å². The zero-order valence-corrected chi connectivity index (χ0v) is 30.7. The maximum atomic E-state index is 6.82. The Morgan fingerprint density at radius 3 is 1.49 bits per heavy atom. The van der Waals surface area contributed by atoms with E-state index in [1.165, 1.54) is 44.1 Å². The van der Waals surface area contributed by atoms with Crippen LogP contribution in [0.1, 0.15) is 22.3 Å². The van der Waals surface area contributed by atoms with Gasteiger partial charge in [-0.1, -0.05) is 146 Å². The lowest BCUT2D eigenvalue weighted by Crippen LogP contribution is -2.32. The fourth-order valence-corrected chi connectivity index (χ4v) is 9.31. The van der Waals surface area contributed by atoms with Crippen LogP contribution in [0, 0.1) is 0 Å². The van der Waals surface area contributed by atoms with Crippen LogP contribution in [0.15, 0.2) is 194 Å². The van der Waals surface area contributed by atoms with Crippen molar-refractivity contribution >= 4 is 21.8 Å². The Morgan fingerprint density at radius 1 is 0.368 bits per heavy atom. The summed E-state index contributed by atoms with van der Waals surface area (Å²) in [6, 6.07) is 68.3. The van der Waals surface area contributed by atoms with Crippen LogP contribution >= 0.6 is 0 Å². The van der Waals surface area contributed by atoms with Crippen molar-refractivity contribution in [2.24, 2.45) is 0 Å². The smallest absolute Gasteiger partial charge is 0.164 e. The van der Waals surface area contributed by atoms with Gasteiger partial charge in [0.05, 0.1) is 16.4 Å². The summed E-state index contributed by atoms with van der Waals surface area (Å²) in [4.78, 5) is 15.3. The summed E-state index contributed by atoms with van der Waals surface area (Å²) in [5.74, 6) is 3.43. The number of nitrogens with zero attached hydrogens (tertiary/aromatic N) is 4. The molecule has 0 unspecified atom stereocenters. The molecular formula is C52H32N4O. The van der Waals surface area contributed by atoms with Crippen LogP contribution in [-0.4, -0.2) is 19.5 Å². The third-order valence-electron chi connectivity index (χ3n) is 11.7. The monoisotopic (exact) mass is 728 g/mol. The summed E-state index contributed by atoms with van der Waals surface area (Å²) in [7, 11) is 0. The number of aromatic nitrogens is 4. The van der Waals surface area contributed by atoms with E-state index in [4.69, 9.17) is 19.7 Å². The van der Waals surface area contributed by atoms with Crippen molar-refractivity contribution in [3.05, 3.63) is 216 Å². The van der Waals surface area contributed by atoms with Gasteiger partial charge in [-0.25, -0.2) is 15.0 Å². The molecule has 2 aromatic heterocycles. The van der Waals surface area contributed by atoms with Crippen LogP contribution < -0.4 is 4.74 Å². The lowest BCUT2D eigenvalue weighted by Gasteiger charge is -2.39. The van der Waals surface area contributed by atoms with Gasteiger partial charge in [-0.2, -0.15) is 0 Å². The van der Waals surface area contributed by atoms with Crippen molar-refractivity contribution in [1.82, 2.24) is 19.5 Å². The Labute approximate surface area is 329 Å². The first kappa shape index (κ1) is 31.7. The molecule has 8 aromatic carbocycles. The maximum Gasteiger partial charge on any atom is 0.164 e. The van der Waals surface area contributed by atoms with Crippen molar-refractivity contribution in [3.63, 3.8) is 0 Å². The fourth-order valence-electron chi connectivity index (χ4n) is 9.31. The maximum absolute atomic E-state index is 6.82. The van der Waals surface area contributed by atoms with Crippen molar-refractivity contribution in [2.75, 3.05) is 0 Å². The van der Waals surface area contributed by atoms with E-state index in [2.05, 4.69) is 162 Å². The Morgan fingerprint density at radius 2 is 0.842 bits per heavy atom. The third-order valence-corrected chi connectivity index (χ3v) is 11.7. The average molecular weight is 729 g/mol. The molecule has 5 heteroatoms. The molecule has 5 nitrogen and oxygen atoms in total. The largest absolute Gasteiger partial charge is 0.457 e. The SMILES string of the molecule is c1ccc(-c2nc(-c3ccc(-n4c5ccccc5c5ccccc54)cc3)nc(-c3ccc4c(c3)Oc3ccccc3C43c4ccccc4-c4ccccc43)n2)cc1. The average Bonchev–Trinajstić information content (AvgIpc) is 3.77. The molecule has 0 amide bonds. The Hall–Kier alpha value is -7.63. The van der Waals surface area contributed by atoms with Crippen molar-refractivity contribution in [3.8, 4) is 62.5 Å². The summed E-state index contributed by atoms with van der Waals surface area (Å²) < 4.78 is 9.14. The molecule has 1 aliphatic heterocycles. The van der Waals surface area contributed by atoms with Gasteiger partial charge in [0.1, 0.15) is 11.5 Å². The normalized spacial score (nSPS) is 13.2. The highest BCUT2D eigenvalue weighted by Crippen LogP contribution is 2.62. The minimum atomic E-state index is -0.534. The van der Waals surface area contributed by atoms with E-state index in [1.54, 1.807) is 0 Å². The molecular weight excluding hydrogens is 697 g/mol. The van der Waals surface area contributed by atoms with Gasteiger partial charge in [0.15, 0.2) is 17.5 Å². The molecule has 12 rings (SSSR count). The Bertz CT molecular complexity index is 3120. The predicted octanol–water partition coefficient (Wildman–Crippen LogP) is 12.4. The molecule has 0 atom stereocenters. The molecule has 0 bridgehead atoms. The number of para-hydroxylation sites is 3. The first-order valence-corrected chi connectivity index (χ1v) is 19.3. The minimum Gasteiger partial charge on any atom is -0.457 e. The van der Waals surface area contributed by atoms with Crippen LogP contribution in [0.25, 0.3) is 72.8 Å². The number of hydrogen-bond acceptors (Lipinski definition) is 4. The molecule has 0 N–H and O–H groups in total. The number of rotatable bonds is 4.